The minimum Gasteiger partial charge on any atom is -0.144 e. The van der Waals surface area contributed by atoms with Gasteiger partial charge in [-0.15, -0.1) is 45.3 Å². The lowest BCUT2D eigenvalue weighted by Gasteiger charge is -2.19. The first-order chi connectivity index (χ1) is 21.5. The van der Waals surface area contributed by atoms with Crippen molar-refractivity contribution in [2.75, 3.05) is 0 Å². The summed E-state index contributed by atoms with van der Waals surface area (Å²) in [6.07, 6.45) is 0. The van der Waals surface area contributed by atoms with Crippen LogP contribution in [0, 0.1) is 0 Å². The lowest BCUT2D eigenvalue weighted by molar-refractivity contribution is 0.890. The topological polar surface area (TPSA) is 0 Å². The first kappa shape index (κ1) is 34.4. The van der Waals surface area contributed by atoms with Gasteiger partial charge in [-0.25, -0.2) is 0 Å². The van der Waals surface area contributed by atoms with Gasteiger partial charge in [0.25, 0.3) is 0 Å². The predicted octanol–water partition coefficient (Wildman–Crippen LogP) is 16.7. The molecule has 0 unspecified atom stereocenters. The summed E-state index contributed by atoms with van der Waals surface area (Å²) in [5.74, 6) is 3.84. The number of hydrogen-bond donors (Lipinski definition) is 0. The van der Waals surface area contributed by atoms with Crippen LogP contribution in [0.1, 0.15) is 197 Å². The second-order valence-corrected chi connectivity index (χ2v) is 20.6. The average Bonchev–Trinajstić information content (AvgIpc) is 3.71. The fraction of sp³-hybridized carbons (Fsp3) is 0.571. The summed E-state index contributed by atoms with van der Waals surface area (Å²) < 4.78 is 0. The maximum Gasteiger partial charge on any atom is 0.0159 e. The molecule has 6 aromatic rings. The van der Waals surface area contributed by atoms with E-state index in [2.05, 4.69) is 156 Å². The van der Waals surface area contributed by atoms with Crippen molar-refractivity contribution in [2.24, 2.45) is 0 Å². The van der Waals surface area contributed by atoms with Crippen LogP contribution in [-0.2, 0) is 0 Å². The van der Waals surface area contributed by atoms with Crippen LogP contribution in [-0.4, -0.2) is 0 Å². The molecule has 0 saturated heterocycles. The summed E-state index contributed by atoms with van der Waals surface area (Å²) in [6.45, 7) is 39.0. The van der Waals surface area contributed by atoms with Crippen LogP contribution in [0.15, 0.2) is 0 Å². The lowest BCUT2D eigenvalue weighted by Crippen LogP contribution is -1.95. The molecule has 0 aliphatic heterocycles. The molecule has 0 N–H and O–H groups in total. The molecule has 0 spiro atoms. The fourth-order valence-corrected chi connectivity index (χ4v) is 13.1. The van der Waals surface area contributed by atoms with E-state index in [0.29, 0.717) is 47.3 Å². The molecule has 4 heterocycles. The Bertz CT molecular complexity index is 1810. The van der Waals surface area contributed by atoms with Gasteiger partial charge in [-0.3, -0.25) is 0 Å². The third-order valence-electron chi connectivity index (χ3n) is 9.80. The van der Waals surface area contributed by atoms with Gasteiger partial charge in [-0.05, 0) is 47.3 Å². The molecule has 4 aromatic heterocycles. The molecule has 248 valence electrons. The van der Waals surface area contributed by atoms with E-state index in [1.165, 1.54) is 0 Å². The van der Waals surface area contributed by atoms with Gasteiger partial charge in [-0.1, -0.05) is 111 Å². The third-order valence-corrected chi connectivity index (χ3v) is 17.0. The van der Waals surface area contributed by atoms with Gasteiger partial charge in [0.05, 0.1) is 0 Å². The first-order valence-corrected chi connectivity index (χ1v) is 21.2. The van der Waals surface area contributed by atoms with E-state index in [9.17, 15) is 0 Å². The summed E-state index contributed by atoms with van der Waals surface area (Å²) >= 11 is 8.52. The van der Waals surface area contributed by atoms with Crippen molar-refractivity contribution in [3.8, 4) is 0 Å². The standard InChI is InChI=1S/C42H56S4/c1-17(2)35-27-25-26(29-32(31(27)39(43-35)21(9)10)40(22(11)12)45-37(29)19(5)6)30-34(42(24(15)16)46-38(30)20(7)8)33-28(25)36(18(3)4)44-41(33)23(13)14/h17-24H,1-16H3. The second-order valence-electron chi connectivity index (χ2n) is 16.3. The Hall–Kier alpha value is -1.46. The highest BCUT2D eigenvalue weighted by atomic mass is 32.1. The third kappa shape index (κ3) is 4.89. The van der Waals surface area contributed by atoms with Gasteiger partial charge in [0.2, 0.25) is 0 Å². The van der Waals surface area contributed by atoms with Crippen molar-refractivity contribution < 1.29 is 0 Å². The molecule has 0 radical (unpaired) electrons. The van der Waals surface area contributed by atoms with E-state index < -0.39 is 0 Å². The van der Waals surface area contributed by atoms with Crippen molar-refractivity contribution >= 4 is 99.2 Å². The van der Waals surface area contributed by atoms with E-state index >= 15 is 0 Å². The molecule has 0 saturated carbocycles. The summed E-state index contributed by atoms with van der Waals surface area (Å²) in [7, 11) is 0. The molecule has 0 aliphatic rings. The highest BCUT2D eigenvalue weighted by Crippen LogP contribution is 2.60. The molecule has 6 rings (SSSR count). The Morgan fingerprint density at radius 1 is 0.196 bits per heavy atom. The Labute approximate surface area is 294 Å². The Morgan fingerprint density at radius 3 is 0.413 bits per heavy atom. The summed E-state index contributed by atoms with van der Waals surface area (Å²) in [4.78, 5) is 12.7. The number of fused-ring (bicyclic) bond motifs is 11. The van der Waals surface area contributed by atoms with Crippen molar-refractivity contribution in [1.82, 2.24) is 0 Å². The van der Waals surface area contributed by atoms with Crippen molar-refractivity contribution in [2.45, 2.75) is 158 Å². The predicted molar refractivity (Wildman–Crippen MR) is 218 cm³/mol. The zero-order valence-electron chi connectivity index (χ0n) is 31.3. The van der Waals surface area contributed by atoms with E-state index in [1.54, 1.807) is 92.9 Å². The Balaban J connectivity index is 2.21. The van der Waals surface area contributed by atoms with Gasteiger partial charge >= 0.3 is 0 Å². The summed E-state index contributed by atoms with van der Waals surface area (Å²) in [6, 6.07) is 0. The maximum atomic E-state index is 2.44. The smallest absolute Gasteiger partial charge is 0.0159 e. The molecule has 0 atom stereocenters. The first-order valence-electron chi connectivity index (χ1n) is 17.9. The van der Waals surface area contributed by atoms with Crippen LogP contribution in [0.5, 0.6) is 0 Å². The minimum atomic E-state index is 0.473. The lowest BCUT2D eigenvalue weighted by atomic mass is 9.82. The molecule has 46 heavy (non-hydrogen) atoms. The number of thiophene rings is 4. The van der Waals surface area contributed by atoms with Crippen LogP contribution < -0.4 is 0 Å². The molecular formula is C42H56S4. The highest BCUT2D eigenvalue weighted by Gasteiger charge is 2.34. The highest BCUT2D eigenvalue weighted by molar-refractivity contribution is 7.17. The van der Waals surface area contributed by atoms with Crippen molar-refractivity contribution in [1.29, 1.82) is 0 Å². The fourth-order valence-electron chi connectivity index (χ4n) is 7.86. The molecule has 4 heteroatoms. The molecule has 0 nitrogen and oxygen atoms in total. The van der Waals surface area contributed by atoms with Gasteiger partial charge < -0.3 is 0 Å². The minimum absolute atomic E-state index is 0.473. The Morgan fingerprint density at radius 2 is 0.304 bits per heavy atom. The van der Waals surface area contributed by atoms with Gasteiger partial charge in [-0.2, -0.15) is 0 Å². The number of hydrogen-bond acceptors (Lipinski definition) is 4. The number of rotatable bonds is 8. The van der Waals surface area contributed by atoms with E-state index in [0.717, 1.165) is 0 Å². The van der Waals surface area contributed by atoms with Crippen LogP contribution in [0.4, 0.5) is 0 Å². The van der Waals surface area contributed by atoms with Crippen LogP contribution >= 0.6 is 45.3 Å². The Kier molecular flexibility index (Phi) is 9.08. The molecule has 0 aliphatic carbocycles. The SMILES string of the molecule is CC(C)c1sc(C(C)C)c2c1c1c(C(C)C)sc(C(C)C)c1c1c3c(C(C)C)sc(C(C)C)c3c3c(C(C)C)sc(C(C)C)c3c21. The van der Waals surface area contributed by atoms with Gasteiger partial charge in [0, 0.05) is 92.9 Å². The van der Waals surface area contributed by atoms with Crippen molar-refractivity contribution in [3.05, 3.63) is 39.0 Å². The largest absolute Gasteiger partial charge is 0.144 e. The molecule has 0 bridgehead atoms. The quantitative estimate of drug-likeness (QED) is 0.149. The van der Waals surface area contributed by atoms with Crippen LogP contribution in [0.3, 0.4) is 0 Å². The zero-order chi connectivity index (χ0) is 33.8. The van der Waals surface area contributed by atoms with Crippen LogP contribution in [0.2, 0.25) is 0 Å². The van der Waals surface area contributed by atoms with Crippen molar-refractivity contribution in [3.63, 3.8) is 0 Å². The molecule has 2 aromatic carbocycles. The molecule has 0 amide bonds. The van der Waals surface area contributed by atoms with E-state index in [-0.39, 0.29) is 0 Å². The summed E-state index contributed by atoms with van der Waals surface area (Å²) in [5, 5.41) is 15.9. The summed E-state index contributed by atoms with van der Waals surface area (Å²) in [5.41, 5.74) is 0. The van der Waals surface area contributed by atoms with Crippen LogP contribution in [0.25, 0.3) is 53.9 Å². The van der Waals surface area contributed by atoms with E-state index in [4.69, 9.17) is 0 Å². The maximum absolute atomic E-state index is 2.44. The van der Waals surface area contributed by atoms with E-state index in [1.807, 2.05) is 0 Å². The number of benzene rings is 2. The van der Waals surface area contributed by atoms with Gasteiger partial charge in [0.1, 0.15) is 0 Å². The normalized spacial score (nSPS) is 13.5. The molecular weight excluding hydrogens is 633 g/mol. The molecule has 0 fully saturated rings. The second kappa shape index (κ2) is 12.1. The average molecular weight is 689 g/mol. The van der Waals surface area contributed by atoms with Gasteiger partial charge in [0.15, 0.2) is 0 Å². The zero-order valence-corrected chi connectivity index (χ0v) is 34.5. The monoisotopic (exact) mass is 688 g/mol.